The smallest absolute Gasteiger partial charge is 0.236 e. The molecular formula is C13H25N3O2. The number of nitrogens with one attached hydrogen (secondary N) is 1. The van der Waals surface area contributed by atoms with Crippen LogP contribution in [0.5, 0.6) is 0 Å². The Hall–Kier alpha value is -0.650. The number of hydrogen-bond donors (Lipinski definition) is 1. The third-order valence-corrected chi connectivity index (χ3v) is 3.58. The second-order valence-electron chi connectivity index (χ2n) is 5.65. The van der Waals surface area contributed by atoms with Crippen LogP contribution in [0.2, 0.25) is 0 Å². The number of carbonyl (C=O) groups excluding carboxylic acids is 1. The van der Waals surface area contributed by atoms with Gasteiger partial charge in [-0.15, -0.1) is 0 Å². The molecule has 0 spiro atoms. The summed E-state index contributed by atoms with van der Waals surface area (Å²) in [6.07, 6.45) is 0.305. The van der Waals surface area contributed by atoms with Crippen LogP contribution in [0.25, 0.3) is 0 Å². The van der Waals surface area contributed by atoms with E-state index in [9.17, 15) is 4.79 Å². The zero-order valence-electron chi connectivity index (χ0n) is 11.7. The van der Waals surface area contributed by atoms with Crippen molar-refractivity contribution in [3.8, 4) is 0 Å². The molecular weight excluding hydrogens is 230 g/mol. The van der Waals surface area contributed by atoms with Crippen molar-refractivity contribution in [2.24, 2.45) is 0 Å². The summed E-state index contributed by atoms with van der Waals surface area (Å²) in [6, 6.07) is 0.481. The first kappa shape index (κ1) is 13.8. The van der Waals surface area contributed by atoms with Crippen molar-refractivity contribution in [3.63, 3.8) is 0 Å². The summed E-state index contributed by atoms with van der Waals surface area (Å²) in [5, 5.41) is 3.39. The predicted molar refractivity (Wildman–Crippen MR) is 70.5 cm³/mol. The summed E-state index contributed by atoms with van der Waals surface area (Å²) in [5.41, 5.74) is 0. The topological polar surface area (TPSA) is 44.8 Å². The first-order valence-electron chi connectivity index (χ1n) is 6.93. The SMILES string of the molecule is CC1CN(C(=O)CN2CCN[C@@H](C)C2)CC(C)O1. The highest BCUT2D eigenvalue weighted by Gasteiger charge is 2.27. The summed E-state index contributed by atoms with van der Waals surface area (Å²) in [5.74, 6) is 0.242. The maximum atomic E-state index is 12.3. The van der Waals surface area contributed by atoms with Crippen molar-refractivity contribution < 1.29 is 9.53 Å². The molecule has 0 aromatic carbocycles. The average Bonchev–Trinajstić information content (AvgIpc) is 2.27. The average molecular weight is 255 g/mol. The van der Waals surface area contributed by atoms with E-state index < -0.39 is 0 Å². The molecule has 1 N–H and O–H groups in total. The molecule has 5 nitrogen and oxygen atoms in total. The Kier molecular flexibility index (Phi) is 4.59. The van der Waals surface area contributed by atoms with Gasteiger partial charge in [-0.1, -0.05) is 0 Å². The lowest BCUT2D eigenvalue weighted by molar-refractivity contribution is -0.144. The second-order valence-corrected chi connectivity index (χ2v) is 5.65. The van der Waals surface area contributed by atoms with E-state index in [0.717, 1.165) is 32.7 Å². The van der Waals surface area contributed by atoms with E-state index in [0.29, 0.717) is 12.6 Å². The van der Waals surface area contributed by atoms with Gasteiger partial charge in [0.15, 0.2) is 0 Å². The monoisotopic (exact) mass is 255 g/mol. The van der Waals surface area contributed by atoms with E-state index in [4.69, 9.17) is 4.74 Å². The summed E-state index contributed by atoms with van der Waals surface area (Å²) in [4.78, 5) is 16.5. The minimum Gasteiger partial charge on any atom is -0.372 e. The number of nitrogens with zero attached hydrogens (tertiary/aromatic N) is 2. The fourth-order valence-corrected chi connectivity index (χ4v) is 2.83. The molecule has 0 aliphatic carbocycles. The van der Waals surface area contributed by atoms with Crippen LogP contribution >= 0.6 is 0 Å². The van der Waals surface area contributed by atoms with Crippen molar-refractivity contribution >= 4 is 5.91 Å². The molecule has 2 aliphatic rings. The molecule has 2 fully saturated rings. The van der Waals surface area contributed by atoms with Crippen LogP contribution in [0.15, 0.2) is 0 Å². The molecule has 2 saturated heterocycles. The number of rotatable bonds is 2. The molecule has 104 valence electrons. The maximum Gasteiger partial charge on any atom is 0.236 e. The third kappa shape index (κ3) is 3.67. The zero-order chi connectivity index (χ0) is 13.1. The quantitative estimate of drug-likeness (QED) is 0.749. The number of amides is 1. The van der Waals surface area contributed by atoms with Crippen LogP contribution in [-0.2, 0) is 9.53 Å². The van der Waals surface area contributed by atoms with Crippen LogP contribution in [0.4, 0.5) is 0 Å². The Balaban J connectivity index is 1.83. The molecule has 0 radical (unpaired) electrons. The maximum absolute atomic E-state index is 12.3. The Morgan fingerprint density at radius 1 is 1.22 bits per heavy atom. The number of piperazine rings is 1. The van der Waals surface area contributed by atoms with Crippen molar-refractivity contribution in [2.75, 3.05) is 39.3 Å². The Labute approximate surface area is 109 Å². The molecule has 0 aromatic rings. The fourth-order valence-electron chi connectivity index (χ4n) is 2.83. The third-order valence-electron chi connectivity index (χ3n) is 3.58. The summed E-state index contributed by atoms with van der Waals surface area (Å²) in [6.45, 7) is 11.1. The molecule has 18 heavy (non-hydrogen) atoms. The zero-order valence-corrected chi connectivity index (χ0v) is 11.7. The van der Waals surface area contributed by atoms with Crippen LogP contribution in [0.3, 0.4) is 0 Å². The van der Waals surface area contributed by atoms with Gasteiger partial charge >= 0.3 is 0 Å². The lowest BCUT2D eigenvalue weighted by atomic mass is 10.2. The first-order valence-corrected chi connectivity index (χ1v) is 6.93. The highest BCUT2D eigenvalue weighted by molar-refractivity contribution is 5.78. The van der Waals surface area contributed by atoms with Crippen LogP contribution in [-0.4, -0.2) is 73.2 Å². The summed E-state index contributed by atoms with van der Waals surface area (Å²) >= 11 is 0. The van der Waals surface area contributed by atoms with Gasteiger partial charge in [-0.25, -0.2) is 0 Å². The Morgan fingerprint density at radius 2 is 1.89 bits per heavy atom. The molecule has 5 heteroatoms. The van der Waals surface area contributed by atoms with Crippen LogP contribution < -0.4 is 5.32 Å². The lowest BCUT2D eigenvalue weighted by Crippen LogP contribution is -2.55. The van der Waals surface area contributed by atoms with Crippen molar-refractivity contribution in [1.29, 1.82) is 0 Å². The van der Waals surface area contributed by atoms with Gasteiger partial charge < -0.3 is 15.0 Å². The Bertz CT molecular complexity index is 288. The van der Waals surface area contributed by atoms with Gasteiger partial charge in [0.1, 0.15) is 0 Å². The summed E-state index contributed by atoms with van der Waals surface area (Å²) in [7, 11) is 0. The van der Waals surface area contributed by atoms with E-state index in [1.165, 1.54) is 0 Å². The van der Waals surface area contributed by atoms with Crippen molar-refractivity contribution in [1.82, 2.24) is 15.1 Å². The van der Waals surface area contributed by atoms with Gasteiger partial charge in [-0.05, 0) is 20.8 Å². The van der Waals surface area contributed by atoms with E-state index in [1.807, 2.05) is 18.7 Å². The van der Waals surface area contributed by atoms with Crippen LogP contribution in [0.1, 0.15) is 20.8 Å². The highest BCUT2D eigenvalue weighted by Crippen LogP contribution is 2.11. The normalized spacial score (nSPS) is 34.6. The minimum absolute atomic E-state index is 0.152. The molecule has 0 saturated carbocycles. The van der Waals surface area contributed by atoms with Crippen LogP contribution in [0, 0.1) is 0 Å². The van der Waals surface area contributed by atoms with Gasteiger partial charge in [-0.2, -0.15) is 0 Å². The van der Waals surface area contributed by atoms with Crippen molar-refractivity contribution in [3.05, 3.63) is 0 Å². The molecule has 3 atom stereocenters. The fraction of sp³-hybridized carbons (Fsp3) is 0.923. The Morgan fingerprint density at radius 3 is 2.50 bits per heavy atom. The summed E-state index contributed by atoms with van der Waals surface area (Å²) < 4.78 is 5.66. The number of ether oxygens (including phenoxy) is 1. The van der Waals surface area contributed by atoms with Gasteiger partial charge in [0.25, 0.3) is 0 Å². The van der Waals surface area contributed by atoms with Gasteiger partial charge in [0.05, 0.1) is 18.8 Å². The standard InChI is InChI=1S/C13H25N3O2/c1-10-6-15(5-4-14-10)9-13(17)16-7-11(2)18-12(3)8-16/h10-12,14H,4-9H2,1-3H3/t10-,11?,12?/m0/s1. The lowest BCUT2D eigenvalue weighted by Gasteiger charge is -2.37. The van der Waals surface area contributed by atoms with Gasteiger partial charge in [0, 0.05) is 38.8 Å². The largest absolute Gasteiger partial charge is 0.372 e. The van der Waals surface area contributed by atoms with E-state index in [1.54, 1.807) is 0 Å². The number of carbonyl (C=O) groups is 1. The molecule has 2 unspecified atom stereocenters. The highest BCUT2D eigenvalue weighted by atomic mass is 16.5. The van der Waals surface area contributed by atoms with E-state index in [2.05, 4.69) is 17.1 Å². The van der Waals surface area contributed by atoms with Crippen molar-refractivity contribution in [2.45, 2.75) is 39.0 Å². The predicted octanol–water partition coefficient (Wildman–Crippen LogP) is -0.0841. The molecule has 0 aromatic heterocycles. The molecule has 0 bridgehead atoms. The van der Waals surface area contributed by atoms with Gasteiger partial charge in [0.2, 0.25) is 5.91 Å². The number of hydrogen-bond acceptors (Lipinski definition) is 4. The van der Waals surface area contributed by atoms with E-state index >= 15 is 0 Å². The molecule has 2 rings (SSSR count). The molecule has 2 heterocycles. The first-order chi connectivity index (χ1) is 8.54. The molecule has 1 amide bonds. The molecule has 2 aliphatic heterocycles. The minimum atomic E-state index is 0.152. The van der Waals surface area contributed by atoms with Gasteiger partial charge in [-0.3, -0.25) is 9.69 Å². The number of morpholine rings is 1. The van der Waals surface area contributed by atoms with E-state index in [-0.39, 0.29) is 18.1 Å². The second kappa shape index (κ2) is 5.99.